The van der Waals surface area contributed by atoms with Crippen LogP contribution in [0, 0.1) is 4.78 Å². The Labute approximate surface area is 224 Å². The number of aliphatic carboxylic acids is 1. The first-order valence-electron chi connectivity index (χ1n) is 12.2. The number of nitrogen functional groups attached to an aromatic ring is 1. The number of nitrogens with two attached hydrogens (primary N) is 1. The Hall–Kier alpha value is -4.52. The van der Waals surface area contributed by atoms with E-state index < -0.39 is 33.5 Å². The van der Waals surface area contributed by atoms with Crippen LogP contribution in [0.2, 0.25) is 0 Å². The van der Waals surface area contributed by atoms with Crippen LogP contribution >= 0.6 is 0 Å². The van der Waals surface area contributed by atoms with Gasteiger partial charge in [0.05, 0.1) is 6.54 Å². The summed E-state index contributed by atoms with van der Waals surface area (Å²) in [5.41, 5.74) is 6.57. The van der Waals surface area contributed by atoms with Crippen molar-refractivity contribution in [3.63, 3.8) is 0 Å². The predicted octanol–water partition coefficient (Wildman–Crippen LogP) is 2.63. The molecule has 0 spiro atoms. The van der Waals surface area contributed by atoms with E-state index in [-0.39, 0.29) is 40.9 Å². The molecule has 0 saturated carbocycles. The number of nitrogens with zero attached hydrogens (tertiary/aromatic N) is 5. The van der Waals surface area contributed by atoms with Crippen molar-refractivity contribution in [2.75, 3.05) is 18.5 Å². The number of likely N-dealkylation sites (N-methyl/N-ethyl adjacent to an activating group) is 1. The van der Waals surface area contributed by atoms with Crippen LogP contribution in [0.5, 0.6) is 0 Å². The molecule has 0 fully saturated rings. The third-order valence-corrected chi connectivity index (χ3v) is 8.02. The average Bonchev–Trinajstić information content (AvgIpc) is 3.19. The van der Waals surface area contributed by atoms with Crippen molar-refractivity contribution in [1.29, 1.82) is 4.78 Å². The molecule has 4 rings (SSSR count). The number of benzene rings is 2. The molecule has 1 amide bonds. The number of carboxylic acids is 1. The number of anilines is 1. The molecule has 2 aromatic heterocycles. The van der Waals surface area contributed by atoms with Crippen molar-refractivity contribution >= 4 is 38.7 Å². The molecule has 2 atom stereocenters. The van der Waals surface area contributed by atoms with Gasteiger partial charge in [-0.15, -0.1) is 0 Å². The lowest BCUT2D eigenvalue weighted by Gasteiger charge is -2.25. The second-order valence-corrected chi connectivity index (χ2v) is 11.2. The maximum absolute atomic E-state index is 13.7. The number of hydrogen-bond acceptors (Lipinski definition) is 8. The van der Waals surface area contributed by atoms with Crippen molar-refractivity contribution < 1.29 is 18.9 Å². The predicted molar refractivity (Wildman–Crippen MR) is 146 cm³/mol. The summed E-state index contributed by atoms with van der Waals surface area (Å²) in [7, 11) is -2.12. The van der Waals surface area contributed by atoms with Crippen LogP contribution in [0.15, 0.2) is 70.6 Å². The first-order valence-corrected chi connectivity index (χ1v) is 13.9. The summed E-state index contributed by atoms with van der Waals surface area (Å²) >= 11 is 0. The molecular formula is C26H29N7O5S. The third kappa shape index (κ3) is 5.53. The Morgan fingerprint density at radius 1 is 1.08 bits per heavy atom. The minimum Gasteiger partial charge on any atom is -0.480 e. The van der Waals surface area contributed by atoms with Crippen molar-refractivity contribution in [2.24, 2.45) is 0 Å². The van der Waals surface area contributed by atoms with Gasteiger partial charge < -0.3 is 15.7 Å². The van der Waals surface area contributed by atoms with Crippen LogP contribution in [-0.4, -0.2) is 64.2 Å². The Morgan fingerprint density at radius 2 is 1.67 bits per heavy atom. The number of carbonyl (C=O) groups is 2. The van der Waals surface area contributed by atoms with Gasteiger partial charge in [-0.2, -0.15) is 4.98 Å². The van der Waals surface area contributed by atoms with E-state index in [1.54, 1.807) is 61.5 Å². The summed E-state index contributed by atoms with van der Waals surface area (Å²) in [5, 5.41) is 9.59. The van der Waals surface area contributed by atoms with E-state index in [1.165, 1.54) is 11.6 Å². The standard InChI is InChI=1S/C26H29N7O5S/c1-3-14-39(28,38)24-29-21(27)20-22(30-24)32(16-18-12-8-5-9-13-18)26(37)33(20)25(36)31(2)19(23(34)35)15-17-10-6-4-7-11-17/h4-13,19,28H,3,14-16H2,1-2H3,(H,34,35)(H2,27,29,30)/t19-,39?/m0/s1. The minimum atomic E-state index is -3.41. The van der Waals surface area contributed by atoms with Gasteiger partial charge in [-0.25, -0.2) is 32.9 Å². The number of hydrogen-bond donors (Lipinski definition) is 3. The molecule has 1 unspecified atom stereocenters. The molecule has 0 radical (unpaired) electrons. The van der Waals surface area contributed by atoms with E-state index >= 15 is 0 Å². The molecule has 13 heteroatoms. The molecule has 0 aliphatic rings. The van der Waals surface area contributed by atoms with Crippen molar-refractivity contribution in [1.82, 2.24) is 24.0 Å². The molecule has 12 nitrogen and oxygen atoms in total. The van der Waals surface area contributed by atoms with Gasteiger partial charge in [0.25, 0.3) is 0 Å². The zero-order valence-electron chi connectivity index (χ0n) is 21.5. The highest BCUT2D eigenvalue weighted by atomic mass is 32.2. The maximum Gasteiger partial charge on any atom is 0.339 e. The number of nitrogens with one attached hydrogen (secondary N) is 1. The molecule has 39 heavy (non-hydrogen) atoms. The molecule has 2 aromatic carbocycles. The van der Waals surface area contributed by atoms with Gasteiger partial charge in [-0.05, 0) is 17.5 Å². The van der Waals surface area contributed by atoms with Crippen molar-refractivity contribution in [3.05, 3.63) is 82.3 Å². The van der Waals surface area contributed by atoms with Crippen molar-refractivity contribution in [3.8, 4) is 0 Å². The van der Waals surface area contributed by atoms with Gasteiger partial charge in [-0.1, -0.05) is 67.6 Å². The number of imidazole rings is 1. The highest BCUT2D eigenvalue weighted by molar-refractivity contribution is 7.92. The van der Waals surface area contributed by atoms with E-state index in [9.17, 15) is 23.7 Å². The second kappa shape index (κ2) is 11.1. The normalized spacial score (nSPS) is 13.6. The molecule has 0 bridgehead atoms. The number of rotatable bonds is 9. The number of carbonyl (C=O) groups excluding carboxylic acids is 1. The van der Waals surface area contributed by atoms with Gasteiger partial charge in [0.2, 0.25) is 5.16 Å². The van der Waals surface area contributed by atoms with E-state index in [4.69, 9.17) is 10.5 Å². The maximum atomic E-state index is 13.7. The number of fused-ring (bicyclic) bond motifs is 1. The lowest BCUT2D eigenvalue weighted by Crippen LogP contribution is -2.48. The highest BCUT2D eigenvalue weighted by Gasteiger charge is 2.32. The van der Waals surface area contributed by atoms with E-state index in [0.717, 1.165) is 9.47 Å². The molecular weight excluding hydrogens is 522 g/mol. The van der Waals surface area contributed by atoms with Gasteiger partial charge >= 0.3 is 17.7 Å². The fourth-order valence-electron chi connectivity index (χ4n) is 4.28. The van der Waals surface area contributed by atoms with Gasteiger partial charge in [-0.3, -0.25) is 4.57 Å². The molecule has 204 valence electrons. The van der Waals surface area contributed by atoms with Gasteiger partial charge in [0.15, 0.2) is 11.5 Å². The SMILES string of the molecule is CCCS(=N)(=O)c1nc(N)c2c(n1)n(Cc1ccccc1)c(=O)n2C(=O)N(C)[C@@H](Cc1ccccc1)C(=O)O. The number of carboxylic acid groups (broad SMARTS) is 1. The zero-order chi connectivity index (χ0) is 28.3. The molecule has 4 N–H and O–H groups in total. The van der Waals surface area contributed by atoms with Crippen LogP contribution in [0.3, 0.4) is 0 Å². The molecule has 0 saturated heterocycles. The third-order valence-electron chi connectivity index (χ3n) is 6.26. The molecule has 4 aromatic rings. The van der Waals surface area contributed by atoms with E-state index in [1.807, 2.05) is 6.07 Å². The lowest BCUT2D eigenvalue weighted by molar-refractivity contribution is -0.141. The number of amides is 1. The first kappa shape index (κ1) is 27.5. The van der Waals surface area contributed by atoms with Crippen LogP contribution in [-0.2, 0) is 27.5 Å². The van der Waals surface area contributed by atoms with E-state index in [0.29, 0.717) is 17.5 Å². The Bertz CT molecular complexity index is 1680. The average molecular weight is 552 g/mol. The minimum absolute atomic E-state index is 0.00384. The second-order valence-electron chi connectivity index (χ2n) is 9.07. The first-order chi connectivity index (χ1) is 18.5. The quantitative estimate of drug-likeness (QED) is 0.266. The van der Waals surface area contributed by atoms with Crippen molar-refractivity contribution in [2.45, 2.75) is 37.5 Å². The Morgan fingerprint density at radius 3 is 2.23 bits per heavy atom. The van der Waals surface area contributed by atoms with Crippen LogP contribution in [0.4, 0.5) is 10.6 Å². The Kier molecular flexibility index (Phi) is 7.81. The smallest absolute Gasteiger partial charge is 0.339 e. The molecule has 2 heterocycles. The monoisotopic (exact) mass is 551 g/mol. The van der Waals surface area contributed by atoms with Crippen LogP contribution < -0.4 is 11.4 Å². The largest absolute Gasteiger partial charge is 0.480 e. The summed E-state index contributed by atoms with van der Waals surface area (Å²) in [6.07, 6.45) is 0.437. The Balaban J connectivity index is 1.89. The van der Waals surface area contributed by atoms with Crippen LogP contribution in [0.1, 0.15) is 24.5 Å². The topological polar surface area (TPSA) is 177 Å². The summed E-state index contributed by atoms with van der Waals surface area (Å²) in [6.45, 7) is 1.76. The summed E-state index contributed by atoms with van der Waals surface area (Å²) < 4.78 is 23.2. The summed E-state index contributed by atoms with van der Waals surface area (Å²) in [6, 6.07) is 15.5. The lowest BCUT2D eigenvalue weighted by atomic mass is 10.1. The van der Waals surface area contributed by atoms with Gasteiger partial charge in [0.1, 0.15) is 21.3 Å². The van der Waals surface area contributed by atoms with Gasteiger partial charge in [0, 0.05) is 19.2 Å². The summed E-state index contributed by atoms with van der Waals surface area (Å²) in [5.74, 6) is -1.58. The fourth-order valence-corrected chi connectivity index (χ4v) is 5.52. The van der Waals surface area contributed by atoms with E-state index in [2.05, 4.69) is 9.97 Å². The molecule has 0 aliphatic carbocycles. The number of aromatic nitrogens is 4. The molecule has 0 aliphatic heterocycles. The van der Waals surface area contributed by atoms with Crippen LogP contribution in [0.25, 0.3) is 11.2 Å². The summed E-state index contributed by atoms with van der Waals surface area (Å²) in [4.78, 5) is 48.9. The highest BCUT2D eigenvalue weighted by Crippen LogP contribution is 2.22. The fraction of sp³-hybridized carbons (Fsp3) is 0.269. The zero-order valence-corrected chi connectivity index (χ0v) is 22.3.